The van der Waals surface area contributed by atoms with Crippen molar-refractivity contribution in [3.05, 3.63) is 71.0 Å². The molecule has 4 aromatic rings. The maximum atomic E-state index is 14.3. The lowest BCUT2D eigenvalue weighted by Gasteiger charge is -2.33. The third-order valence-corrected chi connectivity index (χ3v) is 5.50. The van der Waals surface area contributed by atoms with E-state index in [1.165, 1.54) is 33.9 Å². The highest BCUT2D eigenvalue weighted by molar-refractivity contribution is 5.93. The van der Waals surface area contributed by atoms with Crippen LogP contribution in [0.1, 0.15) is 65.5 Å². The Balaban J connectivity index is 1.63. The van der Waals surface area contributed by atoms with Crippen LogP contribution >= 0.6 is 0 Å². The Labute approximate surface area is 184 Å². The Morgan fingerprint density at radius 2 is 2.15 bits per heavy atom. The van der Waals surface area contributed by atoms with Crippen LogP contribution < -0.4 is 0 Å². The summed E-state index contributed by atoms with van der Waals surface area (Å²) in [7, 11) is 0. The zero-order chi connectivity index (χ0) is 23.5. The summed E-state index contributed by atoms with van der Waals surface area (Å²) in [5, 5.41) is 4.38. The summed E-state index contributed by atoms with van der Waals surface area (Å²) in [5.41, 5.74) is -1.46. The molecule has 5 heterocycles. The molecule has 1 N–H and O–H groups in total. The van der Waals surface area contributed by atoms with E-state index in [4.69, 9.17) is 4.42 Å². The molecule has 0 aromatic carbocycles. The third kappa shape index (κ3) is 3.45. The molecule has 172 valence electrons. The zero-order valence-electron chi connectivity index (χ0n) is 17.5. The summed E-state index contributed by atoms with van der Waals surface area (Å²) in [4.78, 5) is 25.5. The minimum atomic E-state index is -3.16. The molecule has 1 unspecified atom stereocenters. The maximum Gasteiger partial charge on any atom is 0.292 e. The number of rotatable bonds is 4. The average molecular weight is 462 g/mol. The number of amides is 1. The molecule has 4 aromatic heterocycles. The van der Waals surface area contributed by atoms with Crippen molar-refractivity contribution in [1.82, 2.24) is 29.5 Å². The largest absolute Gasteiger partial charge is 0.431 e. The SMILES string of the molecule is CC(C)(F)c1nc(C(F)F)c(C(=O)N2CCc3[nH]cnc3C2c2cc3c(F)cccn3n2)o1. The molecule has 0 radical (unpaired) electrons. The molecule has 0 fully saturated rings. The second-order valence-corrected chi connectivity index (χ2v) is 8.18. The summed E-state index contributed by atoms with van der Waals surface area (Å²) in [6, 6.07) is 3.30. The van der Waals surface area contributed by atoms with Gasteiger partial charge in [0.2, 0.25) is 11.7 Å². The number of halogens is 4. The molecule has 1 atom stereocenters. The second kappa shape index (κ2) is 7.42. The van der Waals surface area contributed by atoms with E-state index in [1.807, 2.05) is 0 Å². The number of carbonyl (C=O) groups is 1. The molecule has 0 saturated heterocycles. The Bertz CT molecular complexity index is 1350. The fourth-order valence-electron chi connectivity index (χ4n) is 3.95. The lowest BCUT2D eigenvalue weighted by molar-refractivity contribution is 0.0630. The lowest BCUT2D eigenvalue weighted by atomic mass is 9.99. The predicted molar refractivity (Wildman–Crippen MR) is 106 cm³/mol. The highest BCUT2D eigenvalue weighted by atomic mass is 19.3. The first kappa shape index (κ1) is 21.2. The van der Waals surface area contributed by atoms with E-state index >= 15 is 0 Å². The molecule has 33 heavy (non-hydrogen) atoms. The molecular formula is C21H18F4N6O2. The van der Waals surface area contributed by atoms with Crippen molar-refractivity contribution in [2.75, 3.05) is 6.54 Å². The molecule has 1 amide bonds. The topological polar surface area (TPSA) is 92.3 Å². The molecular weight excluding hydrogens is 444 g/mol. The molecule has 1 aliphatic heterocycles. The van der Waals surface area contributed by atoms with Gasteiger partial charge in [-0.1, -0.05) is 0 Å². The number of fused-ring (bicyclic) bond motifs is 2. The first-order chi connectivity index (χ1) is 15.6. The Morgan fingerprint density at radius 1 is 1.36 bits per heavy atom. The number of carbonyl (C=O) groups excluding carboxylic acids is 1. The molecule has 0 bridgehead atoms. The van der Waals surface area contributed by atoms with Gasteiger partial charge in [0.05, 0.1) is 17.7 Å². The minimum Gasteiger partial charge on any atom is -0.431 e. The Kier molecular flexibility index (Phi) is 4.76. The van der Waals surface area contributed by atoms with E-state index in [0.717, 1.165) is 19.5 Å². The number of alkyl halides is 3. The van der Waals surface area contributed by atoms with Gasteiger partial charge in [0.25, 0.3) is 12.3 Å². The molecule has 0 aliphatic carbocycles. The zero-order valence-corrected chi connectivity index (χ0v) is 17.5. The van der Waals surface area contributed by atoms with Gasteiger partial charge in [-0.3, -0.25) is 4.79 Å². The van der Waals surface area contributed by atoms with E-state index in [1.54, 1.807) is 6.20 Å². The van der Waals surface area contributed by atoms with Crippen LogP contribution in [-0.4, -0.2) is 41.9 Å². The van der Waals surface area contributed by atoms with Crippen LogP contribution in [0.2, 0.25) is 0 Å². The van der Waals surface area contributed by atoms with E-state index in [0.29, 0.717) is 12.1 Å². The van der Waals surface area contributed by atoms with Crippen LogP contribution in [0, 0.1) is 5.82 Å². The summed E-state index contributed by atoms with van der Waals surface area (Å²) in [5.74, 6) is -2.80. The minimum absolute atomic E-state index is 0.104. The van der Waals surface area contributed by atoms with Crippen LogP contribution in [0.3, 0.4) is 0 Å². The van der Waals surface area contributed by atoms with Crippen LogP contribution in [0.5, 0.6) is 0 Å². The van der Waals surface area contributed by atoms with Crippen LogP contribution in [0.25, 0.3) is 5.52 Å². The third-order valence-electron chi connectivity index (χ3n) is 5.50. The van der Waals surface area contributed by atoms with Gasteiger partial charge in [0.15, 0.2) is 11.4 Å². The van der Waals surface area contributed by atoms with Crippen molar-refractivity contribution >= 4 is 11.4 Å². The number of hydrogen-bond donors (Lipinski definition) is 1. The summed E-state index contributed by atoms with van der Waals surface area (Å²) in [6.07, 6.45) is 0.199. The van der Waals surface area contributed by atoms with Crippen LogP contribution in [-0.2, 0) is 12.1 Å². The van der Waals surface area contributed by atoms with Gasteiger partial charge >= 0.3 is 0 Å². The maximum absolute atomic E-state index is 14.3. The second-order valence-electron chi connectivity index (χ2n) is 8.18. The van der Waals surface area contributed by atoms with Gasteiger partial charge in [-0.2, -0.15) is 5.10 Å². The van der Waals surface area contributed by atoms with Gasteiger partial charge in [-0.05, 0) is 32.0 Å². The van der Waals surface area contributed by atoms with Gasteiger partial charge in [0, 0.05) is 24.9 Å². The normalized spacial score (nSPS) is 16.6. The molecule has 12 heteroatoms. The van der Waals surface area contributed by atoms with Gasteiger partial charge < -0.3 is 14.3 Å². The van der Waals surface area contributed by atoms with Crippen LogP contribution in [0.15, 0.2) is 35.1 Å². The van der Waals surface area contributed by atoms with Crippen molar-refractivity contribution in [3.63, 3.8) is 0 Å². The monoisotopic (exact) mass is 462 g/mol. The summed E-state index contributed by atoms with van der Waals surface area (Å²) < 4.78 is 62.5. The molecule has 0 saturated carbocycles. The standard InChI is InChI=1S/C21H18F4N6O2/c1-21(2,25)20-28-15(18(23)24)17(33-20)19(32)30-7-5-11-14(27-9-26-11)16(30)12-8-13-10(22)4-3-6-31(13)29-12/h3-4,6,8-9,16,18H,5,7H2,1-2H3,(H,26,27). The highest BCUT2D eigenvalue weighted by Gasteiger charge is 2.41. The Hall–Kier alpha value is -3.70. The molecule has 1 aliphatic rings. The average Bonchev–Trinajstić information content (AvgIpc) is 3.49. The molecule has 0 spiro atoms. The summed E-state index contributed by atoms with van der Waals surface area (Å²) >= 11 is 0. The fraction of sp³-hybridized carbons (Fsp3) is 0.333. The van der Waals surface area contributed by atoms with Crippen molar-refractivity contribution in [1.29, 1.82) is 0 Å². The van der Waals surface area contributed by atoms with E-state index in [-0.39, 0.29) is 17.8 Å². The number of nitrogens with one attached hydrogen (secondary N) is 1. The number of imidazole rings is 1. The quantitative estimate of drug-likeness (QED) is 0.461. The van der Waals surface area contributed by atoms with Crippen molar-refractivity contribution in [3.8, 4) is 0 Å². The molecule has 5 rings (SSSR count). The number of aromatic amines is 1. The van der Waals surface area contributed by atoms with Gasteiger partial charge in [-0.25, -0.2) is 32.0 Å². The number of nitrogens with zero attached hydrogens (tertiary/aromatic N) is 5. The highest BCUT2D eigenvalue weighted by Crippen LogP contribution is 2.37. The lowest BCUT2D eigenvalue weighted by Crippen LogP contribution is -2.41. The van der Waals surface area contributed by atoms with E-state index in [9.17, 15) is 22.4 Å². The first-order valence-corrected chi connectivity index (χ1v) is 10.1. The number of aromatic nitrogens is 5. The Morgan fingerprint density at radius 3 is 2.85 bits per heavy atom. The molecule has 8 nitrogen and oxygen atoms in total. The smallest absolute Gasteiger partial charge is 0.292 e. The fourth-order valence-corrected chi connectivity index (χ4v) is 3.95. The van der Waals surface area contributed by atoms with E-state index in [2.05, 4.69) is 20.1 Å². The van der Waals surface area contributed by atoms with Gasteiger partial charge in [0.1, 0.15) is 17.4 Å². The van der Waals surface area contributed by atoms with Crippen molar-refractivity contribution < 1.29 is 26.8 Å². The number of pyridine rings is 1. The van der Waals surface area contributed by atoms with Crippen LogP contribution in [0.4, 0.5) is 17.6 Å². The predicted octanol–water partition coefficient (Wildman–Crippen LogP) is 4.11. The van der Waals surface area contributed by atoms with Crippen molar-refractivity contribution in [2.45, 2.75) is 38.4 Å². The van der Waals surface area contributed by atoms with Crippen molar-refractivity contribution in [2.24, 2.45) is 0 Å². The first-order valence-electron chi connectivity index (χ1n) is 10.1. The number of H-pyrrole nitrogens is 1. The number of hydrogen-bond acceptors (Lipinski definition) is 5. The summed E-state index contributed by atoms with van der Waals surface area (Å²) in [6.45, 7) is 2.28. The van der Waals surface area contributed by atoms with Gasteiger partial charge in [-0.15, -0.1) is 0 Å². The number of oxazole rings is 1. The van der Waals surface area contributed by atoms with E-state index < -0.39 is 47.2 Å².